The quantitative estimate of drug-likeness (QED) is 0.791. The molecule has 0 aromatic heterocycles. The average molecular weight is 278 g/mol. The molecule has 0 saturated heterocycles. The molecule has 3 nitrogen and oxygen atoms in total. The Kier molecular flexibility index (Phi) is 3.40. The van der Waals surface area contributed by atoms with Crippen LogP contribution in [0, 0.1) is 0 Å². The highest BCUT2D eigenvalue weighted by Gasteiger charge is 2.21. The summed E-state index contributed by atoms with van der Waals surface area (Å²) in [6.45, 7) is 1.88. The van der Waals surface area contributed by atoms with Crippen LogP contribution in [0.15, 0.2) is 48.5 Å². The number of fused-ring (bicyclic) bond motifs is 2. The largest absolute Gasteiger partial charge is 0.488 e. The molecule has 1 heterocycles. The minimum absolute atomic E-state index is 0.0298. The van der Waals surface area contributed by atoms with E-state index in [1.165, 1.54) is 13.0 Å². The summed E-state index contributed by atoms with van der Waals surface area (Å²) in [4.78, 5) is 23.7. The van der Waals surface area contributed by atoms with Crippen LogP contribution >= 0.6 is 0 Å². The number of ketones is 2. The van der Waals surface area contributed by atoms with Crippen LogP contribution in [0.1, 0.15) is 34.0 Å². The number of benzene rings is 2. The molecule has 1 aliphatic heterocycles. The molecule has 0 spiro atoms. The highest BCUT2D eigenvalue weighted by atomic mass is 16.5. The van der Waals surface area contributed by atoms with Crippen molar-refractivity contribution in [3.05, 3.63) is 70.8 Å². The first kappa shape index (κ1) is 13.3. The predicted octanol–water partition coefficient (Wildman–Crippen LogP) is 3.41. The molecule has 0 fully saturated rings. The maximum Gasteiger partial charge on any atom is 0.197 e. The first-order valence-corrected chi connectivity index (χ1v) is 6.73. The number of carbonyl (C=O) groups excluding carboxylic acids is 2. The van der Waals surface area contributed by atoms with E-state index < -0.39 is 0 Å². The first-order valence-electron chi connectivity index (χ1n) is 6.73. The van der Waals surface area contributed by atoms with E-state index >= 15 is 0 Å². The van der Waals surface area contributed by atoms with Crippen LogP contribution in [0.25, 0.3) is 6.08 Å². The van der Waals surface area contributed by atoms with Gasteiger partial charge in [-0.2, -0.15) is 0 Å². The van der Waals surface area contributed by atoms with Gasteiger partial charge in [-0.3, -0.25) is 9.59 Å². The summed E-state index contributed by atoms with van der Waals surface area (Å²) in [6.07, 6.45) is 3.18. The summed E-state index contributed by atoms with van der Waals surface area (Å²) in [6, 6.07) is 12.8. The maximum absolute atomic E-state index is 12.6. The van der Waals surface area contributed by atoms with Crippen LogP contribution in [0.2, 0.25) is 0 Å². The monoisotopic (exact) mass is 278 g/mol. The molecule has 21 heavy (non-hydrogen) atoms. The Morgan fingerprint density at radius 1 is 1.14 bits per heavy atom. The van der Waals surface area contributed by atoms with Crippen molar-refractivity contribution >= 4 is 17.6 Å². The standard InChI is InChI=1S/C18H14O3/c1-12(19)6-7-13-8-9-17-16(10-13)18(20)15-5-3-2-4-14(15)11-21-17/h2-10H,11H2,1H3/b7-6+. The average Bonchev–Trinajstić information content (AvgIpc) is 2.63. The highest BCUT2D eigenvalue weighted by Crippen LogP contribution is 2.29. The van der Waals surface area contributed by atoms with Crippen LogP contribution in [0.4, 0.5) is 0 Å². The van der Waals surface area contributed by atoms with E-state index in [1.54, 1.807) is 18.2 Å². The third kappa shape index (κ3) is 2.63. The third-order valence-electron chi connectivity index (χ3n) is 3.40. The molecule has 0 saturated carbocycles. The molecule has 0 N–H and O–H groups in total. The normalized spacial score (nSPS) is 13.3. The molecule has 0 amide bonds. The lowest BCUT2D eigenvalue weighted by atomic mass is 9.98. The second-order valence-electron chi connectivity index (χ2n) is 4.97. The molecule has 104 valence electrons. The number of allylic oxidation sites excluding steroid dienone is 1. The van der Waals surface area contributed by atoms with Crippen molar-refractivity contribution in [3.8, 4) is 5.75 Å². The minimum Gasteiger partial charge on any atom is -0.488 e. The van der Waals surface area contributed by atoms with E-state index in [1.807, 2.05) is 30.3 Å². The Morgan fingerprint density at radius 3 is 2.76 bits per heavy atom. The minimum atomic E-state index is -0.0452. The van der Waals surface area contributed by atoms with Gasteiger partial charge in [-0.25, -0.2) is 0 Å². The number of rotatable bonds is 2. The van der Waals surface area contributed by atoms with Gasteiger partial charge in [0.05, 0.1) is 5.56 Å². The van der Waals surface area contributed by atoms with Crippen LogP contribution < -0.4 is 4.74 Å². The Labute approximate surface area is 122 Å². The molecule has 0 aliphatic carbocycles. The lowest BCUT2D eigenvalue weighted by Crippen LogP contribution is -2.02. The fourth-order valence-corrected chi connectivity index (χ4v) is 2.34. The Hall–Kier alpha value is -2.68. The van der Waals surface area contributed by atoms with Crippen molar-refractivity contribution in [2.75, 3.05) is 0 Å². The van der Waals surface area contributed by atoms with Gasteiger partial charge in [0.2, 0.25) is 0 Å². The predicted molar refractivity (Wildman–Crippen MR) is 80.4 cm³/mol. The SMILES string of the molecule is CC(=O)/C=C/c1ccc2c(c1)C(=O)c1ccccc1CO2. The van der Waals surface area contributed by atoms with E-state index in [9.17, 15) is 9.59 Å². The fourth-order valence-electron chi connectivity index (χ4n) is 2.34. The summed E-state index contributed by atoms with van der Waals surface area (Å²) in [5.41, 5.74) is 2.90. The molecule has 2 aromatic carbocycles. The van der Waals surface area contributed by atoms with Gasteiger partial charge in [-0.1, -0.05) is 36.4 Å². The molecule has 3 rings (SSSR count). The Balaban J connectivity index is 2.06. The van der Waals surface area contributed by atoms with Gasteiger partial charge in [0, 0.05) is 11.1 Å². The van der Waals surface area contributed by atoms with Gasteiger partial charge >= 0.3 is 0 Å². The fraction of sp³-hybridized carbons (Fsp3) is 0.111. The summed E-state index contributed by atoms with van der Waals surface area (Å²) >= 11 is 0. The summed E-state index contributed by atoms with van der Waals surface area (Å²) in [5.74, 6) is 0.505. The van der Waals surface area contributed by atoms with Crippen molar-refractivity contribution in [2.45, 2.75) is 13.5 Å². The maximum atomic E-state index is 12.6. The van der Waals surface area contributed by atoms with Gasteiger partial charge in [-0.15, -0.1) is 0 Å². The van der Waals surface area contributed by atoms with Crippen molar-refractivity contribution in [2.24, 2.45) is 0 Å². The Bertz CT molecular complexity index is 757. The number of hydrogen-bond acceptors (Lipinski definition) is 3. The smallest absolute Gasteiger partial charge is 0.197 e. The van der Waals surface area contributed by atoms with Crippen molar-refractivity contribution in [1.82, 2.24) is 0 Å². The topological polar surface area (TPSA) is 43.4 Å². The second kappa shape index (κ2) is 5.37. The Morgan fingerprint density at radius 2 is 1.95 bits per heavy atom. The molecule has 0 atom stereocenters. The molecule has 0 radical (unpaired) electrons. The lowest BCUT2D eigenvalue weighted by Gasteiger charge is -2.06. The van der Waals surface area contributed by atoms with Crippen LogP contribution in [0.3, 0.4) is 0 Å². The van der Waals surface area contributed by atoms with Crippen molar-refractivity contribution in [1.29, 1.82) is 0 Å². The summed E-state index contributed by atoms with van der Waals surface area (Å²) in [7, 11) is 0. The zero-order valence-corrected chi connectivity index (χ0v) is 11.6. The second-order valence-corrected chi connectivity index (χ2v) is 4.97. The van der Waals surface area contributed by atoms with Crippen molar-refractivity contribution in [3.63, 3.8) is 0 Å². The van der Waals surface area contributed by atoms with Crippen LogP contribution in [0.5, 0.6) is 5.75 Å². The lowest BCUT2D eigenvalue weighted by molar-refractivity contribution is -0.112. The molecule has 0 bridgehead atoms. The molecule has 3 heteroatoms. The van der Waals surface area contributed by atoms with E-state index in [4.69, 9.17) is 4.74 Å². The number of ether oxygens (including phenoxy) is 1. The zero-order chi connectivity index (χ0) is 14.8. The zero-order valence-electron chi connectivity index (χ0n) is 11.6. The van der Waals surface area contributed by atoms with E-state index in [-0.39, 0.29) is 11.6 Å². The van der Waals surface area contributed by atoms with E-state index in [0.29, 0.717) is 23.5 Å². The van der Waals surface area contributed by atoms with Gasteiger partial charge in [-0.05, 0) is 30.7 Å². The van der Waals surface area contributed by atoms with E-state index in [2.05, 4.69) is 0 Å². The summed E-state index contributed by atoms with van der Waals surface area (Å²) < 4.78 is 5.71. The molecular weight excluding hydrogens is 264 g/mol. The van der Waals surface area contributed by atoms with E-state index in [0.717, 1.165) is 11.1 Å². The van der Waals surface area contributed by atoms with Crippen LogP contribution in [-0.4, -0.2) is 11.6 Å². The number of carbonyl (C=O) groups is 2. The molecule has 2 aromatic rings. The first-order chi connectivity index (χ1) is 10.1. The van der Waals surface area contributed by atoms with Crippen molar-refractivity contribution < 1.29 is 14.3 Å². The molecular formula is C18H14O3. The van der Waals surface area contributed by atoms with Gasteiger partial charge < -0.3 is 4.74 Å². The van der Waals surface area contributed by atoms with Gasteiger partial charge in [0.25, 0.3) is 0 Å². The molecule has 1 aliphatic rings. The summed E-state index contributed by atoms with van der Waals surface area (Å²) in [5, 5.41) is 0. The van der Waals surface area contributed by atoms with Gasteiger partial charge in [0.15, 0.2) is 11.6 Å². The third-order valence-corrected chi connectivity index (χ3v) is 3.40. The molecule has 0 unspecified atom stereocenters. The number of hydrogen-bond donors (Lipinski definition) is 0. The highest BCUT2D eigenvalue weighted by molar-refractivity contribution is 6.12. The van der Waals surface area contributed by atoms with Gasteiger partial charge in [0.1, 0.15) is 12.4 Å². The van der Waals surface area contributed by atoms with Crippen LogP contribution in [-0.2, 0) is 11.4 Å².